The predicted molar refractivity (Wildman–Crippen MR) is 76.5 cm³/mol. The van der Waals surface area contributed by atoms with Gasteiger partial charge in [-0.3, -0.25) is 21.1 Å². The Balaban J connectivity index is 1.40. The molecule has 108 valence electrons. The lowest BCUT2D eigenvalue weighted by molar-refractivity contribution is -0.00829. The van der Waals surface area contributed by atoms with Crippen LogP contribution in [-0.4, -0.2) is 54.6 Å². The van der Waals surface area contributed by atoms with Crippen molar-refractivity contribution in [3.05, 3.63) is 0 Å². The van der Waals surface area contributed by atoms with Crippen LogP contribution < -0.4 is 11.3 Å². The third-order valence-electron chi connectivity index (χ3n) is 6.44. The monoisotopic (exact) mass is 264 g/mol. The summed E-state index contributed by atoms with van der Waals surface area (Å²) < 4.78 is 0. The predicted octanol–water partition coefficient (Wildman–Crippen LogP) is 0.644. The van der Waals surface area contributed by atoms with Crippen LogP contribution in [0.1, 0.15) is 32.1 Å². The number of rotatable bonds is 4. The van der Waals surface area contributed by atoms with E-state index in [1.807, 2.05) is 0 Å². The van der Waals surface area contributed by atoms with E-state index in [1.54, 1.807) is 0 Å². The second kappa shape index (κ2) is 4.99. The molecule has 3 saturated heterocycles. The van der Waals surface area contributed by atoms with E-state index in [-0.39, 0.29) is 0 Å². The Morgan fingerprint density at radius 3 is 2.47 bits per heavy atom. The Hall–Kier alpha value is -0.160. The molecule has 0 amide bonds. The van der Waals surface area contributed by atoms with Gasteiger partial charge in [-0.1, -0.05) is 6.42 Å². The Labute approximate surface area is 116 Å². The van der Waals surface area contributed by atoms with Gasteiger partial charge in [0.2, 0.25) is 0 Å². The van der Waals surface area contributed by atoms with Gasteiger partial charge in [-0.05, 0) is 43.4 Å². The lowest BCUT2D eigenvalue weighted by atomic mass is 9.82. The Bertz CT molecular complexity index is 326. The maximum absolute atomic E-state index is 5.92. The van der Waals surface area contributed by atoms with Gasteiger partial charge in [0, 0.05) is 44.8 Å². The highest BCUT2D eigenvalue weighted by Crippen LogP contribution is 2.50. The normalized spacial score (nSPS) is 49.7. The van der Waals surface area contributed by atoms with Gasteiger partial charge in [0.15, 0.2) is 0 Å². The van der Waals surface area contributed by atoms with Crippen LogP contribution in [0.15, 0.2) is 0 Å². The summed E-state index contributed by atoms with van der Waals surface area (Å²) in [5.74, 6) is 8.95. The van der Waals surface area contributed by atoms with E-state index < -0.39 is 0 Å². The van der Waals surface area contributed by atoms with E-state index >= 15 is 0 Å². The Kier molecular flexibility index (Phi) is 3.30. The number of hydrazine groups is 1. The first-order chi connectivity index (χ1) is 9.33. The zero-order valence-corrected chi connectivity index (χ0v) is 11.9. The molecule has 5 rings (SSSR count). The van der Waals surface area contributed by atoms with Crippen molar-refractivity contribution in [1.82, 2.24) is 15.2 Å². The average Bonchev–Trinajstić information content (AvgIpc) is 3.08. The molecule has 0 aromatic rings. The minimum absolute atomic E-state index is 0.507. The summed E-state index contributed by atoms with van der Waals surface area (Å²) in [5.41, 5.74) is 3.17. The quantitative estimate of drug-likeness (QED) is 0.578. The minimum Gasteiger partial charge on any atom is -0.299 e. The summed E-state index contributed by atoms with van der Waals surface area (Å²) >= 11 is 0. The molecule has 19 heavy (non-hydrogen) atoms. The van der Waals surface area contributed by atoms with Crippen LogP contribution in [0.3, 0.4) is 0 Å². The molecule has 0 spiro atoms. The fourth-order valence-electron chi connectivity index (χ4n) is 5.37. The molecule has 5 aliphatic rings. The van der Waals surface area contributed by atoms with Gasteiger partial charge >= 0.3 is 0 Å². The highest BCUT2D eigenvalue weighted by atomic mass is 15.4. The van der Waals surface area contributed by atoms with Crippen LogP contribution >= 0.6 is 0 Å². The first kappa shape index (κ1) is 12.6. The van der Waals surface area contributed by atoms with Crippen LogP contribution in [-0.2, 0) is 0 Å². The standard InChI is InChI=1S/C15H28N4/c16-17-14(9-13-8-11-1-2-12(13)7-11)15-10-18-3-5-19(15)6-4-18/h11-15,17H,1-10,16H2. The molecule has 5 fully saturated rings. The van der Waals surface area contributed by atoms with Crippen LogP contribution in [0.2, 0.25) is 0 Å². The van der Waals surface area contributed by atoms with E-state index in [4.69, 9.17) is 5.84 Å². The van der Waals surface area contributed by atoms with Crippen LogP contribution in [0, 0.1) is 17.8 Å². The van der Waals surface area contributed by atoms with Crippen molar-refractivity contribution >= 4 is 0 Å². The smallest absolute Gasteiger partial charge is 0.0391 e. The van der Waals surface area contributed by atoms with E-state index in [0.717, 1.165) is 17.8 Å². The van der Waals surface area contributed by atoms with Gasteiger partial charge in [-0.15, -0.1) is 0 Å². The second-order valence-corrected chi connectivity index (χ2v) is 7.35. The molecule has 4 bridgehead atoms. The number of nitrogens with zero attached hydrogens (tertiary/aromatic N) is 2. The third-order valence-corrected chi connectivity index (χ3v) is 6.44. The number of nitrogens with one attached hydrogen (secondary N) is 1. The van der Waals surface area contributed by atoms with Crippen molar-refractivity contribution in [3.63, 3.8) is 0 Å². The maximum Gasteiger partial charge on any atom is 0.0391 e. The molecule has 4 nitrogen and oxygen atoms in total. The molecule has 5 unspecified atom stereocenters. The summed E-state index contributed by atoms with van der Waals surface area (Å²) in [6.45, 7) is 6.26. The summed E-state index contributed by atoms with van der Waals surface area (Å²) in [4.78, 5) is 5.30. The zero-order valence-electron chi connectivity index (χ0n) is 11.9. The zero-order chi connectivity index (χ0) is 12.8. The molecule has 3 N–H and O–H groups in total. The first-order valence-corrected chi connectivity index (χ1v) is 8.26. The van der Waals surface area contributed by atoms with Crippen molar-refractivity contribution in [3.8, 4) is 0 Å². The summed E-state index contributed by atoms with van der Waals surface area (Å²) in [6.07, 6.45) is 7.31. The second-order valence-electron chi connectivity index (χ2n) is 7.35. The molecular formula is C15H28N4. The number of piperazine rings is 3. The fraction of sp³-hybridized carbons (Fsp3) is 1.00. The van der Waals surface area contributed by atoms with Gasteiger partial charge in [-0.25, -0.2) is 0 Å². The molecule has 3 heterocycles. The van der Waals surface area contributed by atoms with Crippen molar-refractivity contribution in [2.24, 2.45) is 23.6 Å². The van der Waals surface area contributed by atoms with Crippen molar-refractivity contribution < 1.29 is 0 Å². The maximum atomic E-state index is 5.92. The molecule has 0 aromatic heterocycles. The highest BCUT2D eigenvalue weighted by molar-refractivity contribution is 4.98. The van der Waals surface area contributed by atoms with Gasteiger partial charge in [0.25, 0.3) is 0 Å². The minimum atomic E-state index is 0.507. The van der Waals surface area contributed by atoms with E-state index in [1.165, 1.54) is 64.8 Å². The molecule has 2 aliphatic carbocycles. The summed E-state index contributed by atoms with van der Waals surface area (Å²) in [6, 6.07) is 1.17. The Morgan fingerprint density at radius 1 is 1.11 bits per heavy atom. The van der Waals surface area contributed by atoms with Crippen LogP contribution in [0.4, 0.5) is 0 Å². The largest absolute Gasteiger partial charge is 0.299 e. The molecular weight excluding hydrogens is 236 g/mol. The van der Waals surface area contributed by atoms with Gasteiger partial charge in [0.1, 0.15) is 0 Å². The molecule has 0 aromatic carbocycles. The third kappa shape index (κ3) is 2.23. The van der Waals surface area contributed by atoms with E-state index in [9.17, 15) is 0 Å². The lowest BCUT2D eigenvalue weighted by Gasteiger charge is -2.50. The number of hydrogen-bond acceptors (Lipinski definition) is 4. The molecule has 4 heteroatoms. The van der Waals surface area contributed by atoms with Gasteiger partial charge in [-0.2, -0.15) is 0 Å². The van der Waals surface area contributed by atoms with Crippen LogP contribution in [0.25, 0.3) is 0 Å². The van der Waals surface area contributed by atoms with Crippen molar-refractivity contribution in [2.75, 3.05) is 32.7 Å². The first-order valence-electron chi connectivity index (χ1n) is 8.26. The number of nitrogens with two attached hydrogens (primary N) is 1. The summed E-state index contributed by atoms with van der Waals surface area (Å²) in [5, 5.41) is 0. The van der Waals surface area contributed by atoms with E-state index in [0.29, 0.717) is 12.1 Å². The van der Waals surface area contributed by atoms with Crippen LogP contribution in [0.5, 0.6) is 0 Å². The molecule has 0 radical (unpaired) electrons. The SMILES string of the molecule is NNC(CC1CC2CCC1C2)C1CN2CCN1CC2. The molecule has 5 atom stereocenters. The highest BCUT2D eigenvalue weighted by Gasteiger charge is 2.43. The fourth-order valence-corrected chi connectivity index (χ4v) is 5.37. The van der Waals surface area contributed by atoms with Gasteiger partial charge in [0.05, 0.1) is 0 Å². The summed E-state index contributed by atoms with van der Waals surface area (Å²) in [7, 11) is 0. The lowest BCUT2D eigenvalue weighted by Crippen LogP contribution is -2.67. The van der Waals surface area contributed by atoms with Crippen molar-refractivity contribution in [1.29, 1.82) is 0 Å². The molecule has 2 saturated carbocycles. The van der Waals surface area contributed by atoms with E-state index in [2.05, 4.69) is 15.2 Å². The van der Waals surface area contributed by atoms with Gasteiger partial charge < -0.3 is 0 Å². The average molecular weight is 264 g/mol. The number of fused-ring (bicyclic) bond motifs is 5. The number of hydrogen-bond donors (Lipinski definition) is 2. The van der Waals surface area contributed by atoms with Crippen molar-refractivity contribution in [2.45, 2.75) is 44.2 Å². The topological polar surface area (TPSA) is 44.5 Å². The Morgan fingerprint density at radius 2 is 1.95 bits per heavy atom. The molecule has 3 aliphatic heterocycles.